The van der Waals surface area contributed by atoms with Gasteiger partial charge in [0.2, 0.25) is 5.95 Å². The summed E-state index contributed by atoms with van der Waals surface area (Å²) in [4.78, 5) is 1.56. The van der Waals surface area contributed by atoms with Crippen LogP contribution in [0.25, 0.3) is 5.00 Å². The van der Waals surface area contributed by atoms with Crippen LogP contribution in [0, 0.1) is 5.92 Å². The molecule has 0 saturated carbocycles. The maximum Gasteiger partial charge on any atom is 0.249 e. The van der Waals surface area contributed by atoms with Crippen LogP contribution >= 0.6 is 23.1 Å². The highest BCUT2D eigenvalue weighted by atomic mass is 32.2. The van der Waals surface area contributed by atoms with Crippen LogP contribution in [-0.2, 0) is 19.3 Å². The monoisotopic (exact) mass is 424 g/mol. The van der Waals surface area contributed by atoms with E-state index in [9.17, 15) is 0 Å². The number of nitrogens with zero attached hydrogens (tertiary/aromatic N) is 4. The first-order valence-corrected chi connectivity index (χ1v) is 12.1. The van der Waals surface area contributed by atoms with Gasteiger partial charge in [-0.1, -0.05) is 49.0 Å². The van der Waals surface area contributed by atoms with Crippen molar-refractivity contribution < 1.29 is 0 Å². The van der Waals surface area contributed by atoms with E-state index in [1.54, 1.807) is 22.2 Å². The van der Waals surface area contributed by atoms with E-state index in [0.717, 1.165) is 35.9 Å². The number of rotatable bonds is 4. The van der Waals surface area contributed by atoms with Crippen molar-refractivity contribution in [3.63, 3.8) is 0 Å². The molecule has 0 amide bonds. The molecule has 6 rings (SSSR count). The summed E-state index contributed by atoms with van der Waals surface area (Å²) in [6, 6.07) is 10.7. The van der Waals surface area contributed by atoms with Crippen LogP contribution in [-0.4, -0.2) is 27.2 Å². The topological polar surface area (TPSA) is 58.0 Å². The van der Waals surface area contributed by atoms with E-state index in [-0.39, 0.29) is 6.17 Å². The van der Waals surface area contributed by atoms with E-state index in [2.05, 4.69) is 67.8 Å². The minimum atomic E-state index is 0.164. The van der Waals surface area contributed by atoms with E-state index in [0.29, 0.717) is 0 Å². The van der Waals surface area contributed by atoms with Crippen molar-refractivity contribution in [1.82, 2.24) is 25.5 Å². The summed E-state index contributed by atoms with van der Waals surface area (Å²) in [6.45, 7) is 3.13. The minimum Gasteiger partial charge on any atom is -0.278 e. The van der Waals surface area contributed by atoms with Gasteiger partial charge in [0.15, 0.2) is 5.16 Å². The average Bonchev–Trinajstić information content (AvgIpc) is 3.44. The first-order chi connectivity index (χ1) is 14.3. The fourth-order valence-corrected chi connectivity index (χ4v) is 7.15. The number of benzene rings is 1. The molecule has 0 radical (unpaired) electrons. The van der Waals surface area contributed by atoms with Crippen LogP contribution < -0.4 is 15.8 Å². The molecule has 8 heteroatoms. The summed E-state index contributed by atoms with van der Waals surface area (Å²) >= 11 is 3.76. The van der Waals surface area contributed by atoms with Crippen molar-refractivity contribution in [2.45, 2.75) is 43.9 Å². The predicted molar refractivity (Wildman–Crippen MR) is 118 cm³/mol. The van der Waals surface area contributed by atoms with Crippen LogP contribution in [0.1, 0.15) is 41.1 Å². The van der Waals surface area contributed by atoms with Crippen LogP contribution in [0.4, 0.5) is 5.95 Å². The number of anilines is 1. The van der Waals surface area contributed by atoms with E-state index < -0.39 is 0 Å². The molecule has 29 heavy (non-hydrogen) atoms. The van der Waals surface area contributed by atoms with Crippen molar-refractivity contribution in [3.8, 4) is 5.00 Å². The molecule has 2 aliphatic heterocycles. The largest absolute Gasteiger partial charge is 0.278 e. The molecule has 1 saturated heterocycles. The quantitative estimate of drug-likeness (QED) is 0.623. The Hall–Kier alpha value is -1.87. The van der Waals surface area contributed by atoms with Crippen LogP contribution in [0.2, 0.25) is 0 Å². The lowest BCUT2D eigenvalue weighted by atomic mass is 9.87. The Balaban J connectivity index is 1.36. The fraction of sp³-hybridized carbons (Fsp3) is 0.429. The smallest absolute Gasteiger partial charge is 0.249 e. The van der Waals surface area contributed by atoms with Gasteiger partial charge in [-0.25, -0.2) is 9.99 Å². The third kappa shape index (κ3) is 2.92. The molecule has 1 aromatic carbocycles. The van der Waals surface area contributed by atoms with E-state index in [1.807, 2.05) is 11.3 Å². The van der Waals surface area contributed by atoms with Crippen molar-refractivity contribution in [2.75, 3.05) is 17.4 Å². The second-order valence-electron chi connectivity index (χ2n) is 8.08. The molecular weight excluding hydrogens is 400 g/mol. The van der Waals surface area contributed by atoms with Crippen LogP contribution in [0.15, 0.2) is 35.5 Å². The molecule has 1 aliphatic carbocycles. The Morgan fingerprint density at radius 2 is 2.14 bits per heavy atom. The van der Waals surface area contributed by atoms with E-state index in [4.69, 9.17) is 0 Å². The lowest BCUT2D eigenvalue weighted by Crippen LogP contribution is -2.39. The second-order valence-corrected chi connectivity index (χ2v) is 10.2. The van der Waals surface area contributed by atoms with Gasteiger partial charge in [0, 0.05) is 16.2 Å². The molecule has 0 spiro atoms. The molecule has 2 atom stereocenters. The van der Waals surface area contributed by atoms with Gasteiger partial charge in [0.05, 0.1) is 6.67 Å². The summed E-state index contributed by atoms with van der Waals surface area (Å²) in [5, 5.41) is 17.2. The molecule has 0 bridgehead atoms. The number of fused-ring (bicyclic) bond motifs is 8. The molecule has 3 aromatic rings. The SMILES string of the molecule is C[C@H]1CCc2c(sc3c2C2NCNN2c2nnc(SCCc4ccccc4)n2-3)C1. The highest BCUT2D eigenvalue weighted by Gasteiger charge is 2.42. The summed E-state index contributed by atoms with van der Waals surface area (Å²) in [5.41, 5.74) is 7.82. The molecular formula is C21H24N6S2. The van der Waals surface area contributed by atoms with E-state index in [1.165, 1.54) is 35.4 Å². The zero-order chi connectivity index (χ0) is 19.4. The highest BCUT2D eigenvalue weighted by molar-refractivity contribution is 7.99. The third-order valence-electron chi connectivity index (χ3n) is 6.11. The van der Waals surface area contributed by atoms with Gasteiger partial charge in [-0.2, -0.15) is 0 Å². The Bertz CT molecular complexity index is 1040. The van der Waals surface area contributed by atoms with Crippen LogP contribution in [0.3, 0.4) is 0 Å². The summed E-state index contributed by atoms with van der Waals surface area (Å²) in [5.74, 6) is 2.67. The number of nitrogens with one attached hydrogen (secondary N) is 2. The Kier molecular flexibility index (Phi) is 4.41. The lowest BCUT2D eigenvalue weighted by Gasteiger charge is -2.31. The fourth-order valence-electron chi connectivity index (χ4n) is 4.63. The molecule has 2 aromatic heterocycles. The van der Waals surface area contributed by atoms with Gasteiger partial charge in [0.1, 0.15) is 11.2 Å². The lowest BCUT2D eigenvalue weighted by molar-refractivity contribution is 0.499. The zero-order valence-corrected chi connectivity index (χ0v) is 18.0. The van der Waals surface area contributed by atoms with Crippen molar-refractivity contribution in [1.29, 1.82) is 0 Å². The van der Waals surface area contributed by atoms with Gasteiger partial charge in [-0.05, 0) is 42.7 Å². The standard InChI is InChI=1S/C21H24N6S2/c1-13-7-8-15-16(11-13)29-19-17(15)18-22-12-23-27(18)20-24-25-21(26(19)20)28-10-9-14-5-3-2-4-6-14/h2-6,13,18,22-23H,7-12H2,1H3/t13-,18?/m0/s1. The molecule has 6 nitrogen and oxygen atoms in total. The Morgan fingerprint density at radius 1 is 1.24 bits per heavy atom. The van der Waals surface area contributed by atoms with Crippen molar-refractivity contribution in [3.05, 3.63) is 51.9 Å². The number of thioether (sulfide) groups is 1. The summed E-state index contributed by atoms with van der Waals surface area (Å²) in [7, 11) is 0. The van der Waals surface area contributed by atoms with Crippen molar-refractivity contribution in [2.24, 2.45) is 5.92 Å². The Morgan fingerprint density at radius 3 is 3.03 bits per heavy atom. The van der Waals surface area contributed by atoms with E-state index >= 15 is 0 Å². The molecule has 150 valence electrons. The van der Waals surface area contributed by atoms with Gasteiger partial charge in [0.25, 0.3) is 0 Å². The molecule has 2 N–H and O–H groups in total. The highest BCUT2D eigenvalue weighted by Crippen LogP contribution is 2.48. The molecule has 3 aliphatic rings. The zero-order valence-electron chi connectivity index (χ0n) is 16.4. The molecule has 1 unspecified atom stereocenters. The first kappa shape index (κ1) is 17.9. The van der Waals surface area contributed by atoms with Crippen LogP contribution in [0.5, 0.6) is 0 Å². The number of thiophene rings is 1. The number of hydrogen-bond donors (Lipinski definition) is 2. The normalized spacial score (nSPS) is 22.2. The second kappa shape index (κ2) is 7.12. The van der Waals surface area contributed by atoms with Gasteiger partial charge in [-0.15, -0.1) is 21.5 Å². The maximum absolute atomic E-state index is 4.58. The third-order valence-corrected chi connectivity index (χ3v) is 8.29. The number of aromatic nitrogens is 3. The number of hydrogen-bond acceptors (Lipinski definition) is 7. The number of aryl methyl sites for hydroxylation is 1. The van der Waals surface area contributed by atoms with Crippen molar-refractivity contribution >= 4 is 29.0 Å². The van der Waals surface area contributed by atoms with Gasteiger partial charge < -0.3 is 0 Å². The number of hydrazine groups is 1. The minimum absolute atomic E-state index is 0.164. The maximum atomic E-state index is 4.58. The summed E-state index contributed by atoms with van der Waals surface area (Å²) in [6.07, 6.45) is 4.86. The van der Waals surface area contributed by atoms with Gasteiger partial charge in [-0.3, -0.25) is 10.3 Å². The van der Waals surface area contributed by atoms with Gasteiger partial charge >= 0.3 is 0 Å². The summed E-state index contributed by atoms with van der Waals surface area (Å²) < 4.78 is 2.29. The molecule has 1 fully saturated rings. The Labute approximate surface area is 178 Å². The predicted octanol–water partition coefficient (Wildman–Crippen LogP) is 3.67. The first-order valence-electron chi connectivity index (χ1n) is 10.3. The molecule has 4 heterocycles. The average molecular weight is 425 g/mol.